The third-order valence-electron chi connectivity index (χ3n) is 4.10. The normalized spacial score (nSPS) is 13.7. The van der Waals surface area contributed by atoms with Gasteiger partial charge in [0.15, 0.2) is 17.5 Å². The van der Waals surface area contributed by atoms with Gasteiger partial charge in [0.25, 0.3) is 0 Å². The number of para-hydroxylation sites is 1. The molecule has 1 fully saturated rings. The van der Waals surface area contributed by atoms with E-state index >= 15 is 0 Å². The van der Waals surface area contributed by atoms with Crippen molar-refractivity contribution in [3.63, 3.8) is 0 Å². The van der Waals surface area contributed by atoms with Crippen molar-refractivity contribution < 1.29 is 14.3 Å². The molecule has 138 valence electrons. The first-order valence-corrected chi connectivity index (χ1v) is 8.67. The Morgan fingerprint density at radius 1 is 1.11 bits per heavy atom. The lowest BCUT2D eigenvalue weighted by Gasteiger charge is -2.12. The second-order valence-electron chi connectivity index (χ2n) is 6.13. The van der Waals surface area contributed by atoms with E-state index in [4.69, 9.17) is 9.47 Å². The highest BCUT2D eigenvalue weighted by molar-refractivity contribution is 5.69. The number of cyclic esters (lactones) is 1. The van der Waals surface area contributed by atoms with Crippen molar-refractivity contribution in [1.29, 1.82) is 0 Å². The minimum atomic E-state index is -0.344. The first kappa shape index (κ1) is 17.0. The van der Waals surface area contributed by atoms with Crippen LogP contribution in [0.25, 0.3) is 5.82 Å². The maximum absolute atomic E-state index is 11.8. The highest BCUT2D eigenvalue weighted by atomic mass is 16.6. The van der Waals surface area contributed by atoms with Gasteiger partial charge in [0.2, 0.25) is 0 Å². The van der Waals surface area contributed by atoms with E-state index in [0.717, 1.165) is 11.4 Å². The van der Waals surface area contributed by atoms with E-state index in [9.17, 15) is 4.79 Å². The van der Waals surface area contributed by atoms with E-state index in [0.29, 0.717) is 37.2 Å². The Morgan fingerprint density at radius 3 is 2.70 bits per heavy atom. The van der Waals surface area contributed by atoms with E-state index in [2.05, 4.69) is 15.1 Å². The minimum Gasteiger partial charge on any atom is -0.486 e. The van der Waals surface area contributed by atoms with Crippen LogP contribution in [0.5, 0.6) is 5.75 Å². The predicted molar refractivity (Wildman–Crippen MR) is 96.4 cm³/mol. The summed E-state index contributed by atoms with van der Waals surface area (Å²) in [6.45, 7) is 3.35. The predicted octanol–water partition coefficient (Wildman–Crippen LogP) is 2.50. The van der Waals surface area contributed by atoms with Crippen molar-refractivity contribution >= 4 is 6.09 Å². The lowest BCUT2D eigenvalue weighted by Crippen LogP contribution is -2.25. The zero-order chi connectivity index (χ0) is 18.6. The monoisotopic (exact) mass is 365 g/mol. The summed E-state index contributed by atoms with van der Waals surface area (Å²) in [7, 11) is 0. The van der Waals surface area contributed by atoms with Gasteiger partial charge in [-0.25, -0.2) is 14.8 Å². The van der Waals surface area contributed by atoms with E-state index in [1.54, 1.807) is 9.58 Å². The minimum absolute atomic E-state index is 0.222. The Kier molecular flexibility index (Phi) is 4.69. The average molecular weight is 365 g/mol. The molecule has 27 heavy (non-hydrogen) atoms. The Morgan fingerprint density at radius 2 is 1.96 bits per heavy atom. The second kappa shape index (κ2) is 7.45. The molecule has 2 aromatic heterocycles. The summed E-state index contributed by atoms with van der Waals surface area (Å²) >= 11 is 0. The van der Waals surface area contributed by atoms with Crippen LogP contribution in [0.3, 0.4) is 0 Å². The molecule has 0 bridgehead atoms. The van der Waals surface area contributed by atoms with Crippen LogP contribution in [0.1, 0.15) is 17.3 Å². The Bertz CT molecular complexity index is 942. The van der Waals surface area contributed by atoms with Crippen LogP contribution < -0.4 is 4.74 Å². The van der Waals surface area contributed by atoms with Crippen molar-refractivity contribution in [1.82, 2.24) is 24.6 Å². The average Bonchev–Trinajstić information content (AvgIpc) is 3.27. The number of hydrogen-bond acceptors (Lipinski definition) is 6. The molecule has 0 atom stereocenters. The molecule has 3 aromatic rings. The number of aromatic nitrogens is 4. The number of benzene rings is 1. The highest BCUT2D eigenvalue weighted by Gasteiger charge is 2.25. The molecule has 1 saturated heterocycles. The number of amides is 1. The molecule has 0 saturated carbocycles. The van der Waals surface area contributed by atoms with Gasteiger partial charge in [-0.2, -0.15) is 4.68 Å². The molecule has 3 heterocycles. The number of rotatable bonds is 6. The molecule has 8 heteroatoms. The van der Waals surface area contributed by atoms with Gasteiger partial charge in [0, 0.05) is 5.69 Å². The molecule has 0 N–H and O–H groups in total. The van der Waals surface area contributed by atoms with Crippen molar-refractivity contribution in [2.45, 2.75) is 20.1 Å². The smallest absolute Gasteiger partial charge is 0.410 e. The molecule has 1 aliphatic rings. The second-order valence-corrected chi connectivity index (χ2v) is 6.13. The third kappa shape index (κ3) is 3.89. The molecule has 0 unspecified atom stereocenters. The molecule has 0 aliphatic carbocycles. The summed E-state index contributed by atoms with van der Waals surface area (Å²) in [5.41, 5.74) is 0.872. The zero-order valence-electron chi connectivity index (χ0n) is 14.9. The molecular weight excluding hydrogens is 346 g/mol. The highest BCUT2D eigenvalue weighted by Crippen LogP contribution is 2.15. The molecule has 0 radical (unpaired) electrons. The van der Waals surface area contributed by atoms with Crippen LogP contribution >= 0.6 is 0 Å². The van der Waals surface area contributed by atoms with Gasteiger partial charge in [-0.05, 0) is 31.2 Å². The standard InChI is InChI=1S/C19H19N5O3/c1-14-6-5-9-17(20-14)24-18(12-23-10-11-26-19(23)25)21-16(22-24)13-27-15-7-3-2-4-8-15/h2-9H,10-13H2,1H3. The third-order valence-corrected chi connectivity index (χ3v) is 4.10. The van der Waals surface area contributed by atoms with Gasteiger partial charge in [0.05, 0.1) is 13.1 Å². The lowest BCUT2D eigenvalue weighted by molar-refractivity contribution is 0.156. The molecule has 1 aromatic carbocycles. The fourth-order valence-corrected chi connectivity index (χ4v) is 2.79. The maximum Gasteiger partial charge on any atom is 0.410 e. The van der Waals surface area contributed by atoms with Crippen LogP contribution in [-0.2, 0) is 17.9 Å². The number of ether oxygens (including phenoxy) is 2. The number of aryl methyl sites for hydroxylation is 1. The molecule has 0 spiro atoms. The lowest BCUT2D eigenvalue weighted by atomic mass is 10.3. The number of pyridine rings is 1. The number of nitrogens with zero attached hydrogens (tertiary/aromatic N) is 5. The van der Waals surface area contributed by atoms with E-state index in [1.807, 2.05) is 55.5 Å². The van der Waals surface area contributed by atoms with Gasteiger partial charge in [-0.3, -0.25) is 4.90 Å². The topological polar surface area (TPSA) is 82.4 Å². The fraction of sp³-hybridized carbons (Fsp3) is 0.263. The number of hydrogen-bond donors (Lipinski definition) is 0. The summed E-state index contributed by atoms with van der Waals surface area (Å²) < 4.78 is 12.4. The van der Waals surface area contributed by atoms with Gasteiger partial charge < -0.3 is 9.47 Å². The Labute approximate surface area is 156 Å². The van der Waals surface area contributed by atoms with Crippen LogP contribution in [0.2, 0.25) is 0 Å². The summed E-state index contributed by atoms with van der Waals surface area (Å²) in [5, 5.41) is 4.54. The fourth-order valence-electron chi connectivity index (χ4n) is 2.79. The molecule has 1 aliphatic heterocycles. The van der Waals surface area contributed by atoms with Crippen LogP contribution in [0.4, 0.5) is 4.79 Å². The number of carbonyl (C=O) groups is 1. The Balaban J connectivity index is 1.60. The van der Waals surface area contributed by atoms with E-state index < -0.39 is 0 Å². The first-order chi connectivity index (χ1) is 13.2. The molecule has 4 rings (SSSR count). The molecular formula is C19H19N5O3. The summed E-state index contributed by atoms with van der Waals surface area (Å²) in [5.74, 6) is 2.52. The largest absolute Gasteiger partial charge is 0.486 e. The summed E-state index contributed by atoms with van der Waals surface area (Å²) in [6.07, 6.45) is -0.344. The van der Waals surface area contributed by atoms with E-state index in [1.165, 1.54) is 0 Å². The van der Waals surface area contributed by atoms with Gasteiger partial charge in [0.1, 0.15) is 19.0 Å². The first-order valence-electron chi connectivity index (χ1n) is 8.67. The van der Waals surface area contributed by atoms with Crippen molar-refractivity contribution in [2.75, 3.05) is 13.2 Å². The van der Waals surface area contributed by atoms with Crippen molar-refractivity contribution in [3.05, 3.63) is 65.9 Å². The molecule has 1 amide bonds. The van der Waals surface area contributed by atoms with Crippen molar-refractivity contribution in [3.8, 4) is 11.6 Å². The van der Waals surface area contributed by atoms with Crippen LogP contribution in [-0.4, -0.2) is 43.9 Å². The van der Waals surface area contributed by atoms with Gasteiger partial charge >= 0.3 is 6.09 Å². The molecule has 8 nitrogen and oxygen atoms in total. The Hall–Kier alpha value is -3.42. The number of carbonyl (C=O) groups excluding carboxylic acids is 1. The SMILES string of the molecule is Cc1cccc(-n2nc(COc3ccccc3)nc2CN2CCOC2=O)n1. The van der Waals surface area contributed by atoms with Crippen LogP contribution in [0.15, 0.2) is 48.5 Å². The van der Waals surface area contributed by atoms with Crippen LogP contribution in [0, 0.1) is 6.92 Å². The summed E-state index contributed by atoms with van der Waals surface area (Å²) in [6, 6.07) is 15.2. The van der Waals surface area contributed by atoms with Gasteiger partial charge in [-0.1, -0.05) is 24.3 Å². The van der Waals surface area contributed by atoms with E-state index in [-0.39, 0.29) is 12.7 Å². The van der Waals surface area contributed by atoms with Crippen molar-refractivity contribution in [2.24, 2.45) is 0 Å². The van der Waals surface area contributed by atoms with Gasteiger partial charge in [-0.15, -0.1) is 5.10 Å². The zero-order valence-corrected chi connectivity index (χ0v) is 14.9. The quantitative estimate of drug-likeness (QED) is 0.667. The maximum atomic E-state index is 11.8. The summed E-state index contributed by atoms with van der Waals surface area (Å²) in [4.78, 5) is 22.5.